The summed E-state index contributed by atoms with van der Waals surface area (Å²) in [6, 6.07) is 8.93. The number of amides is 4. The van der Waals surface area contributed by atoms with Gasteiger partial charge >= 0.3 is 5.97 Å². The summed E-state index contributed by atoms with van der Waals surface area (Å²) in [6.45, 7) is -0.634. The molecule has 2 aliphatic rings. The largest absolute Gasteiger partial charge is 0.456 e. The van der Waals surface area contributed by atoms with Crippen molar-refractivity contribution in [1.82, 2.24) is 10.2 Å². The summed E-state index contributed by atoms with van der Waals surface area (Å²) in [4.78, 5) is 61.3. The van der Waals surface area contributed by atoms with Crippen LogP contribution >= 0.6 is 0 Å². The zero-order chi connectivity index (χ0) is 20.8. The van der Waals surface area contributed by atoms with Crippen molar-refractivity contribution < 1.29 is 28.7 Å². The number of carbonyl (C=O) groups is 5. The van der Waals surface area contributed by atoms with Crippen LogP contribution in [0, 0.1) is 11.8 Å². The van der Waals surface area contributed by atoms with Gasteiger partial charge in [-0.3, -0.25) is 34.2 Å². The molecule has 8 nitrogen and oxygen atoms in total. The van der Waals surface area contributed by atoms with Crippen molar-refractivity contribution in [2.24, 2.45) is 11.8 Å². The highest BCUT2D eigenvalue weighted by Crippen LogP contribution is 2.37. The molecule has 0 aromatic heterocycles. The number of nitrogens with one attached hydrogen (secondary N) is 1. The Morgan fingerprint density at radius 3 is 2.21 bits per heavy atom. The first kappa shape index (κ1) is 20.7. The molecule has 3 rings (SSSR count). The van der Waals surface area contributed by atoms with Gasteiger partial charge in [0.05, 0.1) is 24.7 Å². The molecule has 0 bridgehead atoms. The van der Waals surface area contributed by atoms with E-state index in [9.17, 15) is 24.0 Å². The lowest BCUT2D eigenvalue weighted by Gasteiger charge is -2.19. The zero-order valence-electron chi connectivity index (χ0n) is 16.1. The number of rotatable bonds is 7. The highest BCUT2D eigenvalue weighted by molar-refractivity contribution is 6.05. The van der Waals surface area contributed by atoms with Gasteiger partial charge < -0.3 is 4.74 Å². The first-order valence-electron chi connectivity index (χ1n) is 9.83. The maximum Gasteiger partial charge on any atom is 0.308 e. The third-order valence-electron chi connectivity index (χ3n) is 5.32. The van der Waals surface area contributed by atoms with Gasteiger partial charge in [-0.1, -0.05) is 43.2 Å². The van der Waals surface area contributed by atoms with Gasteiger partial charge in [0.2, 0.25) is 17.7 Å². The maximum atomic E-state index is 12.4. The third kappa shape index (κ3) is 5.28. The van der Waals surface area contributed by atoms with Gasteiger partial charge in [0.25, 0.3) is 5.91 Å². The first-order chi connectivity index (χ1) is 14.0. The molecule has 1 heterocycles. The third-order valence-corrected chi connectivity index (χ3v) is 5.32. The van der Waals surface area contributed by atoms with Crippen molar-refractivity contribution in [3.63, 3.8) is 0 Å². The lowest BCUT2D eigenvalue weighted by Crippen LogP contribution is -2.36. The number of likely N-dealkylation sites (tertiary alicyclic amines) is 1. The molecular formula is C21H24N2O6. The van der Waals surface area contributed by atoms with Gasteiger partial charge in [-0.2, -0.15) is 0 Å². The molecular weight excluding hydrogens is 376 g/mol. The first-order valence-corrected chi connectivity index (χ1v) is 9.83. The second kappa shape index (κ2) is 9.45. The SMILES string of the molecule is O=C(COC(=O)CCN1C(=O)[C@H]2CCCC[C@H]2C1=O)NC(=O)Cc1ccccc1. The van der Waals surface area contributed by atoms with Gasteiger partial charge in [-0.25, -0.2) is 0 Å². The molecule has 1 aromatic rings. The lowest BCUT2D eigenvalue weighted by atomic mass is 9.81. The topological polar surface area (TPSA) is 110 Å². The maximum absolute atomic E-state index is 12.4. The van der Waals surface area contributed by atoms with Crippen molar-refractivity contribution in [2.75, 3.05) is 13.2 Å². The van der Waals surface area contributed by atoms with Gasteiger partial charge in [-0.15, -0.1) is 0 Å². The van der Waals surface area contributed by atoms with Crippen LogP contribution in [-0.4, -0.2) is 47.6 Å². The summed E-state index contributed by atoms with van der Waals surface area (Å²) in [5.41, 5.74) is 0.760. The van der Waals surface area contributed by atoms with E-state index >= 15 is 0 Å². The quantitative estimate of drug-likeness (QED) is 0.540. The second-order valence-electron chi connectivity index (χ2n) is 7.37. The van der Waals surface area contributed by atoms with E-state index < -0.39 is 24.4 Å². The molecule has 1 saturated heterocycles. The molecule has 1 aliphatic carbocycles. The fraction of sp³-hybridized carbons (Fsp3) is 0.476. The molecule has 0 spiro atoms. The van der Waals surface area contributed by atoms with Crippen LogP contribution < -0.4 is 5.32 Å². The molecule has 1 saturated carbocycles. The number of hydrogen-bond donors (Lipinski definition) is 1. The van der Waals surface area contributed by atoms with Gasteiger partial charge in [-0.05, 0) is 18.4 Å². The Morgan fingerprint density at radius 2 is 1.59 bits per heavy atom. The number of imide groups is 2. The van der Waals surface area contributed by atoms with Crippen LogP contribution in [0.25, 0.3) is 0 Å². The van der Waals surface area contributed by atoms with E-state index in [1.54, 1.807) is 24.3 Å². The molecule has 8 heteroatoms. The molecule has 2 fully saturated rings. The smallest absolute Gasteiger partial charge is 0.308 e. The minimum Gasteiger partial charge on any atom is -0.456 e. The lowest BCUT2D eigenvalue weighted by molar-refractivity contribution is -0.151. The molecule has 1 aliphatic heterocycles. The standard InChI is InChI=1S/C21H24N2O6/c24-17(12-14-6-2-1-3-7-14)22-18(25)13-29-19(26)10-11-23-20(27)15-8-4-5-9-16(15)21(23)28/h1-3,6-7,15-16H,4-5,8-13H2,(H,22,24,25)/t15-,16+. The van der Waals surface area contributed by atoms with Crippen LogP contribution in [0.15, 0.2) is 30.3 Å². The fourth-order valence-electron chi connectivity index (χ4n) is 3.89. The van der Waals surface area contributed by atoms with Crippen molar-refractivity contribution >= 4 is 29.6 Å². The number of nitrogens with zero attached hydrogens (tertiary/aromatic N) is 1. The van der Waals surface area contributed by atoms with Crippen molar-refractivity contribution in [1.29, 1.82) is 0 Å². The number of ether oxygens (including phenoxy) is 1. The summed E-state index contributed by atoms with van der Waals surface area (Å²) in [5.74, 6) is -2.85. The van der Waals surface area contributed by atoms with E-state index in [1.165, 1.54) is 0 Å². The number of hydrogen-bond acceptors (Lipinski definition) is 6. The highest BCUT2D eigenvalue weighted by atomic mass is 16.5. The second-order valence-corrected chi connectivity index (χ2v) is 7.37. The monoisotopic (exact) mass is 400 g/mol. The van der Waals surface area contributed by atoms with Crippen LogP contribution in [0.4, 0.5) is 0 Å². The van der Waals surface area contributed by atoms with E-state index in [0.29, 0.717) is 12.8 Å². The summed E-state index contributed by atoms with van der Waals surface area (Å²) in [7, 11) is 0. The minimum atomic E-state index is -0.723. The highest BCUT2D eigenvalue weighted by Gasteiger charge is 2.47. The normalized spacial score (nSPS) is 20.9. The molecule has 29 heavy (non-hydrogen) atoms. The molecule has 0 unspecified atom stereocenters. The number of fused-ring (bicyclic) bond motifs is 1. The average molecular weight is 400 g/mol. The van der Waals surface area contributed by atoms with E-state index in [-0.39, 0.29) is 43.0 Å². The average Bonchev–Trinajstić information content (AvgIpc) is 2.96. The Labute approximate surface area is 168 Å². The predicted molar refractivity (Wildman–Crippen MR) is 101 cm³/mol. The minimum absolute atomic E-state index is 0.0436. The van der Waals surface area contributed by atoms with E-state index in [0.717, 1.165) is 23.3 Å². The Balaban J connectivity index is 1.37. The molecule has 0 radical (unpaired) electrons. The van der Waals surface area contributed by atoms with Crippen molar-refractivity contribution in [3.8, 4) is 0 Å². The number of esters is 1. The van der Waals surface area contributed by atoms with Crippen LogP contribution in [0.5, 0.6) is 0 Å². The summed E-state index contributed by atoms with van der Waals surface area (Å²) in [5, 5.41) is 2.16. The summed E-state index contributed by atoms with van der Waals surface area (Å²) >= 11 is 0. The van der Waals surface area contributed by atoms with Gasteiger partial charge in [0.1, 0.15) is 0 Å². The molecule has 4 amide bonds. The Morgan fingerprint density at radius 1 is 0.966 bits per heavy atom. The molecule has 1 aromatic carbocycles. The Hall–Kier alpha value is -3.03. The van der Waals surface area contributed by atoms with Crippen molar-refractivity contribution in [2.45, 2.75) is 38.5 Å². The fourth-order valence-corrected chi connectivity index (χ4v) is 3.89. The molecule has 2 atom stereocenters. The van der Waals surface area contributed by atoms with Gasteiger partial charge in [0, 0.05) is 6.54 Å². The number of benzene rings is 1. The molecule has 1 N–H and O–H groups in total. The summed E-state index contributed by atoms with van der Waals surface area (Å²) in [6.07, 6.45) is 3.17. The van der Waals surface area contributed by atoms with E-state index in [4.69, 9.17) is 4.74 Å². The van der Waals surface area contributed by atoms with Crippen LogP contribution in [0.1, 0.15) is 37.7 Å². The number of carbonyl (C=O) groups excluding carboxylic acids is 5. The Bertz CT molecular complexity index is 783. The predicted octanol–water partition coefficient (Wildman–Crippen LogP) is 0.980. The van der Waals surface area contributed by atoms with Gasteiger partial charge in [0.15, 0.2) is 6.61 Å². The van der Waals surface area contributed by atoms with E-state index in [1.807, 2.05) is 6.07 Å². The zero-order valence-corrected chi connectivity index (χ0v) is 16.1. The van der Waals surface area contributed by atoms with Crippen LogP contribution in [0.3, 0.4) is 0 Å². The summed E-state index contributed by atoms with van der Waals surface area (Å²) < 4.78 is 4.85. The molecule has 154 valence electrons. The van der Waals surface area contributed by atoms with Crippen molar-refractivity contribution in [3.05, 3.63) is 35.9 Å². The van der Waals surface area contributed by atoms with Crippen LogP contribution in [-0.2, 0) is 35.1 Å². The van der Waals surface area contributed by atoms with Crippen LogP contribution in [0.2, 0.25) is 0 Å². The van der Waals surface area contributed by atoms with E-state index in [2.05, 4.69) is 5.32 Å². The Kier molecular flexibility index (Phi) is 6.74.